The summed E-state index contributed by atoms with van der Waals surface area (Å²) in [5, 5.41) is 17.5. The van der Waals surface area contributed by atoms with E-state index in [0.29, 0.717) is 0 Å². The van der Waals surface area contributed by atoms with E-state index in [1.807, 2.05) is 5.92 Å². The maximum Gasteiger partial charge on any atom is 0.346 e. The highest BCUT2D eigenvalue weighted by Crippen LogP contribution is 2.00. The Balaban J connectivity index is 4.04. The number of aliphatic hydroxyl groups is 1. The summed E-state index contributed by atoms with van der Waals surface area (Å²) in [6, 6.07) is 1.63. The molecule has 0 fully saturated rings. The number of esters is 1. The molecule has 4 nitrogen and oxygen atoms in total. The molecule has 0 aromatic carbocycles. The van der Waals surface area contributed by atoms with Gasteiger partial charge in [0, 0.05) is 0 Å². The number of nitriles is 1. The summed E-state index contributed by atoms with van der Waals surface area (Å²) in [6.07, 6.45) is 3.68. The molecular weight excluding hydrogens is 182 g/mol. The normalized spacial score (nSPS) is 10.5. The van der Waals surface area contributed by atoms with Crippen LogP contribution in [0.15, 0.2) is 24.3 Å². The van der Waals surface area contributed by atoms with Gasteiger partial charge in [-0.15, -0.1) is 6.42 Å². The van der Waals surface area contributed by atoms with E-state index in [2.05, 4.69) is 17.9 Å². The van der Waals surface area contributed by atoms with Crippen LogP contribution in [0.1, 0.15) is 0 Å². The lowest BCUT2D eigenvalue weighted by atomic mass is 10.2. The maximum absolute atomic E-state index is 10.9. The average Bonchev–Trinajstić information content (AvgIpc) is 2.22. The van der Waals surface area contributed by atoms with Gasteiger partial charge in [-0.1, -0.05) is 19.1 Å². The minimum absolute atomic E-state index is 0.0795. The summed E-state index contributed by atoms with van der Waals surface area (Å²) in [4.78, 5) is 10.9. The van der Waals surface area contributed by atoms with Crippen LogP contribution in [0.4, 0.5) is 0 Å². The zero-order valence-corrected chi connectivity index (χ0v) is 7.49. The fourth-order valence-electron chi connectivity index (χ4n) is 0.476. The lowest BCUT2D eigenvalue weighted by molar-refractivity contribution is -0.140. The van der Waals surface area contributed by atoms with E-state index in [1.54, 1.807) is 6.07 Å². The Kier molecular flexibility index (Phi) is 4.77. The van der Waals surface area contributed by atoms with Crippen LogP contribution in [0, 0.1) is 23.7 Å². The van der Waals surface area contributed by atoms with Crippen molar-refractivity contribution in [2.45, 2.75) is 6.10 Å². The Morgan fingerprint density at radius 2 is 2.21 bits per heavy atom. The van der Waals surface area contributed by atoms with E-state index in [1.165, 1.54) is 0 Å². The second-order valence-corrected chi connectivity index (χ2v) is 2.37. The van der Waals surface area contributed by atoms with E-state index in [0.717, 1.165) is 0 Å². The summed E-state index contributed by atoms with van der Waals surface area (Å²) in [6.45, 7) is 6.13. The molecule has 0 spiro atoms. The summed E-state index contributed by atoms with van der Waals surface area (Å²) >= 11 is 0. The lowest BCUT2D eigenvalue weighted by Crippen LogP contribution is -2.20. The Labute approximate surface area is 82.1 Å². The number of hydrogen-bond acceptors (Lipinski definition) is 4. The van der Waals surface area contributed by atoms with Gasteiger partial charge >= 0.3 is 5.97 Å². The summed E-state index contributed by atoms with van der Waals surface area (Å²) in [5.74, 6) is 1.20. The van der Waals surface area contributed by atoms with Crippen molar-refractivity contribution in [1.82, 2.24) is 0 Å². The van der Waals surface area contributed by atoms with Crippen LogP contribution < -0.4 is 0 Å². The number of carbonyl (C=O) groups excluding carboxylic acids is 1. The van der Waals surface area contributed by atoms with Crippen molar-refractivity contribution in [2.75, 3.05) is 6.61 Å². The Morgan fingerprint density at radius 3 is 2.64 bits per heavy atom. The molecule has 0 aliphatic rings. The molecule has 0 radical (unpaired) electrons. The molecule has 0 bridgehead atoms. The van der Waals surface area contributed by atoms with E-state index >= 15 is 0 Å². The number of ether oxygens (including phenoxy) is 1. The van der Waals surface area contributed by atoms with E-state index in [4.69, 9.17) is 16.8 Å². The second-order valence-electron chi connectivity index (χ2n) is 2.37. The van der Waals surface area contributed by atoms with Crippen LogP contribution in [0.25, 0.3) is 0 Å². The first kappa shape index (κ1) is 12.0. The van der Waals surface area contributed by atoms with Crippen molar-refractivity contribution in [3.63, 3.8) is 0 Å². The van der Waals surface area contributed by atoms with E-state index in [-0.39, 0.29) is 17.8 Å². The second kappa shape index (κ2) is 5.58. The highest BCUT2D eigenvalue weighted by molar-refractivity contribution is 5.92. The first-order valence-electron chi connectivity index (χ1n) is 3.62. The SMILES string of the molecule is C#CC(=C)C(=O)OCC(O)C(=C)C#N. The number of aliphatic hydroxyl groups excluding tert-OH is 1. The highest BCUT2D eigenvalue weighted by Gasteiger charge is 2.12. The van der Waals surface area contributed by atoms with E-state index < -0.39 is 12.1 Å². The minimum Gasteiger partial charge on any atom is -0.458 e. The molecule has 0 aliphatic carbocycles. The summed E-state index contributed by atoms with van der Waals surface area (Å²) in [5.41, 5.74) is -0.219. The lowest BCUT2D eigenvalue weighted by Gasteiger charge is -2.08. The summed E-state index contributed by atoms with van der Waals surface area (Å²) in [7, 11) is 0. The Hall–Kier alpha value is -2.04. The van der Waals surface area contributed by atoms with Crippen molar-refractivity contribution in [3.05, 3.63) is 24.3 Å². The standard InChI is InChI=1S/C10H9NO3/c1-4-7(2)10(13)14-6-9(12)8(3)5-11/h1,9,12H,2-3,6H2. The van der Waals surface area contributed by atoms with Gasteiger partial charge in [0.15, 0.2) is 0 Å². The molecule has 0 aromatic rings. The van der Waals surface area contributed by atoms with Gasteiger partial charge in [-0.3, -0.25) is 0 Å². The van der Waals surface area contributed by atoms with Crippen LogP contribution in [-0.4, -0.2) is 23.8 Å². The van der Waals surface area contributed by atoms with Crippen LogP contribution in [0.3, 0.4) is 0 Å². The molecule has 0 rings (SSSR count). The maximum atomic E-state index is 10.9. The smallest absolute Gasteiger partial charge is 0.346 e. The monoisotopic (exact) mass is 191 g/mol. The van der Waals surface area contributed by atoms with Gasteiger partial charge in [0.05, 0.1) is 11.6 Å². The third-order valence-electron chi connectivity index (χ3n) is 1.34. The van der Waals surface area contributed by atoms with Gasteiger partial charge in [-0.05, 0) is 0 Å². The Bertz CT molecular complexity index is 343. The largest absolute Gasteiger partial charge is 0.458 e. The molecule has 72 valence electrons. The molecule has 0 aromatic heterocycles. The van der Waals surface area contributed by atoms with Gasteiger partial charge in [0.1, 0.15) is 18.3 Å². The first-order valence-corrected chi connectivity index (χ1v) is 3.62. The zero-order valence-electron chi connectivity index (χ0n) is 7.49. The van der Waals surface area contributed by atoms with Crippen LogP contribution in [0.5, 0.6) is 0 Å². The van der Waals surface area contributed by atoms with Crippen molar-refractivity contribution < 1.29 is 14.6 Å². The number of hydrogen-bond donors (Lipinski definition) is 1. The van der Waals surface area contributed by atoms with Crippen LogP contribution >= 0.6 is 0 Å². The molecule has 0 saturated heterocycles. The van der Waals surface area contributed by atoms with Crippen LogP contribution in [0.2, 0.25) is 0 Å². The number of terminal acetylenes is 1. The van der Waals surface area contributed by atoms with Gasteiger partial charge in [0.2, 0.25) is 0 Å². The summed E-state index contributed by atoms with van der Waals surface area (Å²) < 4.78 is 4.54. The van der Waals surface area contributed by atoms with E-state index in [9.17, 15) is 4.79 Å². The number of carbonyl (C=O) groups is 1. The molecule has 4 heteroatoms. The minimum atomic E-state index is -1.20. The highest BCUT2D eigenvalue weighted by atomic mass is 16.5. The van der Waals surface area contributed by atoms with Crippen molar-refractivity contribution in [1.29, 1.82) is 5.26 Å². The van der Waals surface area contributed by atoms with Crippen molar-refractivity contribution in [2.24, 2.45) is 0 Å². The van der Waals surface area contributed by atoms with Gasteiger partial charge in [0.25, 0.3) is 0 Å². The van der Waals surface area contributed by atoms with Gasteiger partial charge in [-0.25, -0.2) is 4.79 Å². The number of nitrogens with zero attached hydrogens (tertiary/aromatic N) is 1. The predicted molar refractivity (Wildman–Crippen MR) is 49.7 cm³/mol. The predicted octanol–water partition coefficient (Wildman–Crippen LogP) is 0.160. The molecule has 1 N–H and O–H groups in total. The van der Waals surface area contributed by atoms with Gasteiger partial charge < -0.3 is 9.84 Å². The molecule has 1 atom stereocenters. The molecule has 1 unspecified atom stereocenters. The third-order valence-corrected chi connectivity index (χ3v) is 1.34. The topological polar surface area (TPSA) is 70.3 Å². The molecule has 14 heavy (non-hydrogen) atoms. The molecule has 0 amide bonds. The molecule has 0 heterocycles. The number of rotatable bonds is 4. The molecule has 0 aliphatic heterocycles. The van der Waals surface area contributed by atoms with Crippen LogP contribution in [-0.2, 0) is 9.53 Å². The molecule has 0 saturated carbocycles. The van der Waals surface area contributed by atoms with Crippen molar-refractivity contribution >= 4 is 5.97 Å². The van der Waals surface area contributed by atoms with Gasteiger partial charge in [-0.2, -0.15) is 5.26 Å². The quantitative estimate of drug-likeness (QED) is 0.297. The zero-order chi connectivity index (χ0) is 11.1. The fourth-order valence-corrected chi connectivity index (χ4v) is 0.476. The third kappa shape index (κ3) is 3.57. The molecular formula is C10H9NO3. The average molecular weight is 191 g/mol. The first-order chi connectivity index (χ1) is 6.52. The fraction of sp³-hybridized carbons (Fsp3) is 0.200. The Morgan fingerprint density at radius 1 is 1.64 bits per heavy atom. The van der Waals surface area contributed by atoms with Crippen molar-refractivity contribution in [3.8, 4) is 18.4 Å².